The van der Waals surface area contributed by atoms with Gasteiger partial charge in [0.15, 0.2) is 11.5 Å². The molecule has 0 radical (unpaired) electrons. The Morgan fingerprint density at radius 2 is 1.97 bits per heavy atom. The lowest BCUT2D eigenvalue weighted by molar-refractivity contribution is 0.0952. The highest BCUT2D eigenvalue weighted by Gasteiger charge is 2.27. The van der Waals surface area contributed by atoms with Crippen molar-refractivity contribution in [3.05, 3.63) is 63.3 Å². The Labute approximate surface area is 204 Å². The predicted molar refractivity (Wildman–Crippen MR) is 131 cm³/mol. The molecule has 2 fully saturated rings. The third-order valence-electron chi connectivity index (χ3n) is 6.05. The van der Waals surface area contributed by atoms with Gasteiger partial charge in [-0.2, -0.15) is 14.7 Å². The van der Waals surface area contributed by atoms with Gasteiger partial charge in [0.1, 0.15) is 22.9 Å². The van der Waals surface area contributed by atoms with Gasteiger partial charge >= 0.3 is 0 Å². The highest BCUT2D eigenvalue weighted by molar-refractivity contribution is 6.30. The van der Waals surface area contributed by atoms with E-state index in [0.29, 0.717) is 39.6 Å². The van der Waals surface area contributed by atoms with Gasteiger partial charge in [0.2, 0.25) is 0 Å². The normalized spacial score (nSPS) is 15.3. The molecule has 4 heterocycles. The average molecular weight is 492 g/mol. The van der Waals surface area contributed by atoms with Gasteiger partial charge in [-0.15, -0.1) is 5.10 Å². The van der Waals surface area contributed by atoms with E-state index < -0.39 is 0 Å². The first kappa shape index (κ1) is 21.5. The van der Waals surface area contributed by atoms with Gasteiger partial charge in [-0.3, -0.25) is 14.2 Å². The van der Waals surface area contributed by atoms with E-state index in [4.69, 9.17) is 11.6 Å². The van der Waals surface area contributed by atoms with Gasteiger partial charge in [0.05, 0.1) is 16.9 Å². The van der Waals surface area contributed by atoms with Gasteiger partial charge in [-0.05, 0) is 43.9 Å². The molecule has 12 heteroatoms. The van der Waals surface area contributed by atoms with E-state index in [-0.39, 0.29) is 23.2 Å². The van der Waals surface area contributed by atoms with Crippen LogP contribution in [-0.2, 0) is 0 Å². The topological polar surface area (TPSA) is 131 Å². The largest absolute Gasteiger partial charge is 0.373 e. The Balaban J connectivity index is 1.36. The van der Waals surface area contributed by atoms with Crippen molar-refractivity contribution in [3.63, 3.8) is 0 Å². The number of pyridine rings is 1. The molecule has 0 aliphatic heterocycles. The first-order valence-corrected chi connectivity index (χ1v) is 11.8. The monoisotopic (exact) mass is 491 g/mol. The molecule has 35 heavy (non-hydrogen) atoms. The Morgan fingerprint density at radius 1 is 1.14 bits per heavy atom. The number of anilines is 3. The number of halogens is 1. The zero-order valence-corrected chi connectivity index (χ0v) is 19.6. The predicted octanol–water partition coefficient (Wildman–Crippen LogP) is 2.88. The lowest BCUT2D eigenvalue weighted by atomic mass is 10.3. The summed E-state index contributed by atoms with van der Waals surface area (Å²) in [6.45, 7) is 0. The molecule has 0 spiro atoms. The molecule has 0 saturated heterocycles. The number of hydrogen-bond donors (Lipinski definition) is 3. The van der Waals surface area contributed by atoms with E-state index in [2.05, 4.69) is 36.2 Å². The Morgan fingerprint density at radius 3 is 2.66 bits per heavy atom. The van der Waals surface area contributed by atoms with Crippen molar-refractivity contribution in [2.24, 2.45) is 0 Å². The molecule has 11 nitrogen and oxygen atoms in total. The van der Waals surface area contributed by atoms with Crippen LogP contribution in [0.2, 0.25) is 5.02 Å². The van der Waals surface area contributed by atoms with Crippen LogP contribution in [0.1, 0.15) is 47.7 Å². The molecule has 3 N–H and O–H groups in total. The lowest BCUT2D eigenvalue weighted by Crippen LogP contribution is -2.25. The van der Waals surface area contributed by atoms with Crippen molar-refractivity contribution in [1.82, 2.24) is 34.7 Å². The van der Waals surface area contributed by atoms with Crippen molar-refractivity contribution in [2.75, 3.05) is 17.7 Å². The van der Waals surface area contributed by atoms with Crippen molar-refractivity contribution in [3.8, 4) is 5.82 Å². The number of carbonyl (C=O) groups excluding carboxylic acids is 1. The minimum Gasteiger partial charge on any atom is -0.373 e. The lowest BCUT2D eigenvalue weighted by Gasteiger charge is -2.12. The fourth-order valence-corrected chi connectivity index (χ4v) is 4.07. The minimum absolute atomic E-state index is 0.202. The SMILES string of the molecule is CNc1cc(Nc2cc(Cl)cn(-c3ccc(C4CC4)nn3)c2=O)nc2c(C(=O)NC3CC3)cnn12. The van der Waals surface area contributed by atoms with Gasteiger partial charge in [0.25, 0.3) is 11.5 Å². The van der Waals surface area contributed by atoms with Gasteiger partial charge in [0, 0.05) is 31.3 Å². The molecular formula is C23H22ClN9O2. The minimum atomic E-state index is -0.365. The highest BCUT2D eigenvalue weighted by atomic mass is 35.5. The average Bonchev–Trinajstić information content (AvgIpc) is 3.79. The second-order valence-electron chi connectivity index (χ2n) is 8.78. The Kier molecular flexibility index (Phi) is 5.14. The standard InChI is InChI=1S/C23H22ClN9O2/c1-25-20-9-18(29-21-15(10-26-33(20)21)22(34)27-14-4-5-14)28-17-8-13(24)11-32(23(17)35)19-7-6-16(30-31-19)12-2-3-12/h6-12,14,25H,2-5H2,1H3,(H,27,34)(H,28,29). The summed E-state index contributed by atoms with van der Waals surface area (Å²) < 4.78 is 2.89. The molecule has 0 atom stereocenters. The number of rotatable bonds is 7. The van der Waals surface area contributed by atoms with Gasteiger partial charge in [-0.25, -0.2) is 4.98 Å². The van der Waals surface area contributed by atoms with Crippen molar-refractivity contribution >= 4 is 40.5 Å². The molecule has 6 rings (SSSR count). The van der Waals surface area contributed by atoms with Crippen LogP contribution >= 0.6 is 11.6 Å². The summed E-state index contributed by atoms with van der Waals surface area (Å²) in [4.78, 5) is 30.5. The maximum absolute atomic E-state index is 13.3. The quantitative estimate of drug-likeness (QED) is 0.359. The van der Waals surface area contributed by atoms with Crippen LogP contribution in [0.5, 0.6) is 0 Å². The van der Waals surface area contributed by atoms with E-state index in [9.17, 15) is 9.59 Å². The summed E-state index contributed by atoms with van der Waals surface area (Å²) in [7, 11) is 1.74. The van der Waals surface area contributed by atoms with Crippen LogP contribution in [0.25, 0.3) is 11.5 Å². The van der Waals surface area contributed by atoms with E-state index >= 15 is 0 Å². The molecule has 2 aliphatic carbocycles. The fourth-order valence-electron chi connectivity index (χ4n) is 3.86. The fraction of sp³-hybridized carbons (Fsp3) is 0.304. The van der Waals surface area contributed by atoms with Crippen molar-refractivity contribution in [1.29, 1.82) is 0 Å². The molecule has 2 saturated carbocycles. The number of carbonyl (C=O) groups is 1. The summed E-state index contributed by atoms with van der Waals surface area (Å²) >= 11 is 6.34. The van der Waals surface area contributed by atoms with E-state index in [0.717, 1.165) is 31.4 Å². The summed E-state index contributed by atoms with van der Waals surface area (Å²) in [6.07, 6.45) is 7.17. The second-order valence-corrected chi connectivity index (χ2v) is 9.22. The first-order valence-electron chi connectivity index (χ1n) is 11.4. The van der Waals surface area contributed by atoms with E-state index in [1.165, 1.54) is 23.0 Å². The summed E-state index contributed by atoms with van der Waals surface area (Å²) in [5.74, 6) is 1.55. The first-order chi connectivity index (χ1) is 17.0. The number of amides is 1. The number of aromatic nitrogens is 6. The molecular weight excluding hydrogens is 470 g/mol. The molecule has 0 bridgehead atoms. The molecule has 4 aromatic heterocycles. The highest BCUT2D eigenvalue weighted by Crippen LogP contribution is 2.38. The summed E-state index contributed by atoms with van der Waals surface area (Å²) in [5, 5.41) is 22.2. The van der Waals surface area contributed by atoms with Crippen LogP contribution in [0.15, 0.2) is 41.5 Å². The molecule has 1 amide bonds. The third-order valence-corrected chi connectivity index (χ3v) is 6.25. The molecule has 4 aromatic rings. The van der Waals surface area contributed by atoms with Crippen LogP contribution in [-0.4, -0.2) is 48.4 Å². The molecule has 0 aromatic carbocycles. The van der Waals surface area contributed by atoms with Crippen molar-refractivity contribution in [2.45, 2.75) is 37.6 Å². The Bertz CT molecular complexity index is 1500. The van der Waals surface area contributed by atoms with E-state index in [1.807, 2.05) is 6.07 Å². The van der Waals surface area contributed by atoms with Crippen LogP contribution in [0.4, 0.5) is 17.3 Å². The summed E-state index contributed by atoms with van der Waals surface area (Å²) in [6, 6.07) is 7.08. The van der Waals surface area contributed by atoms with Crippen molar-refractivity contribution < 1.29 is 4.79 Å². The maximum atomic E-state index is 13.3. The van der Waals surface area contributed by atoms with E-state index in [1.54, 1.807) is 23.7 Å². The van der Waals surface area contributed by atoms with Crippen LogP contribution in [0.3, 0.4) is 0 Å². The smallest absolute Gasteiger partial charge is 0.280 e. The molecule has 0 unspecified atom stereocenters. The number of fused-ring (bicyclic) bond motifs is 1. The third kappa shape index (κ3) is 4.18. The zero-order chi connectivity index (χ0) is 24.1. The van der Waals surface area contributed by atoms with Crippen LogP contribution < -0.4 is 21.5 Å². The summed E-state index contributed by atoms with van der Waals surface area (Å²) in [5.41, 5.74) is 1.48. The molecule has 2 aliphatic rings. The zero-order valence-electron chi connectivity index (χ0n) is 18.8. The Hall–Kier alpha value is -3.99. The maximum Gasteiger partial charge on any atom is 0.280 e. The number of nitrogens with one attached hydrogen (secondary N) is 3. The number of hydrogen-bond acceptors (Lipinski definition) is 8. The van der Waals surface area contributed by atoms with Crippen LogP contribution in [0, 0.1) is 0 Å². The molecule has 178 valence electrons. The van der Waals surface area contributed by atoms with Gasteiger partial charge < -0.3 is 16.0 Å². The second kappa shape index (κ2) is 8.35. The number of nitrogens with zero attached hydrogens (tertiary/aromatic N) is 6. The van der Waals surface area contributed by atoms with Gasteiger partial charge in [-0.1, -0.05) is 11.6 Å².